The van der Waals surface area contributed by atoms with Gasteiger partial charge in [0.05, 0.1) is 22.5 Å². The van der Waals surface area contributed by atoms with E-state index in [1.165, 1.54) is 37.0 Å². The smallest absolute Gasteiger partial charge is 0.387 e. The molecule has 0 unspecified atom stereocenters. The van der Waals surface area contributed by atoms with Gasteiger partial charge >= 0.3 is 12.8 Å². The molecule has 154 valence electrons. The standard InChI is InChI=1S/C16H18ClF4N3O.CO2/c1-4-24-13(11(17)8-23-24)10-7-22-9(5-12(10)25-15(20)21)6-16(2,3)14(18)19;2-1-3/h5,7-8,14-15H,4,6H2,1-3H3;. The average molecular weight is 424 g/mol. The maximum atomic E-state index is 13.1. The van der Waals surface area contributed by atoms with Gasteiger partial charge in [-0.05, 0) is 6.92 Å². The lowest BCUT2D eigenvalue weighted by molar-refractivity contribution is -0.191. The van der Waals surface area contributed by atoms with Gasteiger partial charge in [0.1, 0.15) is 5.75 Å². The van der Waals surface area contributed by atoms with Crippen molar-refractivity contribution in [3.05, 3.63) is 29.2 Å². The van der Waals surface area contributed by atoms with Crippen molar-refractivity contribution < 1.29 is 31.9 Å². The zero-order valence-corrected chi connectivity index (χ0v) is 16.0. The second kappa shape index (κ2) is 10.2. The second-order valence-corrected chi connectivity index (χ2v) is 6.66. The fraction of sp³-hybridized carbons (Fsp3) is 0.471. The molecule has 0 spiro atoms. The molecule has 0 amide bonds. The van der Waals surface area contributed by atoms with Gasteiger partial charge in [0.15, 0.2) is 0 Å². The topological polar surface area (TPSA) is 74.1 Å². The van der Waals surface area contributed by atoms with Gasteiger partial charge < -0.3 is 4.74 Å². The Balaban J connectivity index is 0.00000122. The van der Waals surface area contributed by atoms with E-state index in [4.69, 9.17) is 21.2 Å². The van der Waals surface area contributed by atoms with E-state index in [-0.39, 0.29) is 34.6 Å². The molecule has 2 aromatic rings. The minimum atomic E-state index is -3.08. The van der Waals surface area contributed by atoms with Crippen LogP contribution in [0, 0.1) is 5.41 Å². The van der Waals surface area contributed by atoms with E-state index in [1.54, 1.807) is 0 Å². The summed E-state index contributed by atoms with van der Waals surface area (Å²) in [4.78, 5) is 20.4. The summed E-state index contributed by atoms with van der Waals surface area (Å²) < 4.78 is 57.8. The van der Waals surface area contributed by atoms with Gasteiger partial charge in [0.2, 0.25) is 6.43 Å². The summed E-state index contributed by atoms with van der Waals surface area (Å²) in [6, 6.07) is 1.24. The summed E-state index contributed by atoms with van der Waals surface area (Å²) in [6.45, 7) is 1.95. The molecule has 2 rings (SSSR count). The third-order valence-corrected chi connectivity index (χ3v) is 3.99. The van der Waals surface area contributed by atoms with Crippen molar-refractivity contribution in [2.75, 3.05) is 0 Å². The Hall–Kier alpha value is -2.45. The highest BCUT2D eigenvalue weighted by Gasteiger charge is 2.31. The number of ether oxygens (including phenoxy) is 1. The number of hydrogen-bond acceptors (Lipinski definition) is 5. The monoisotopic (exact) mass is 423 g/mol. The lowest BCUT2D eigenvalue weighted by Gasteiger charge is -2.23. The number of rotatable bonds is 7. The van der Waals surface area contributed by atoms with Crippen LogP contribution in [0.1, 0.15) is 26.5 Å². The number of carbonyl (C=O) groups excluding carboxylic acids is 2. The van der Waals surface area contributed by atoms with Crippen LogP contribution in [-0.4, -0.2) is 34.0 Å². The molecule has 0 radical (unpaired) electrons. The average Bonchev–Trinajstić information content (AvgIpc) is 2.95. The summed E-state index contributed by atoms with van der Waals surface area (Å²) in [7, 11) is 0. The van der Waals surface area contributed by atoms with Crippen LogP contribution < -0.4 is 4.74 Å². The van der Waals surface area contributed by atoms with Crippen molar-refractivity contribution in [2.45, 2.75) is 46.8 Å². The van der Waals surface area contributed by atoms with Crippen LogP contribution >= 0.6 is 11.6 Å². The quantitative estimate of drug-likeness (QED) is 0.614. The number of alkyl halides is 4. The molecule has 0 aromatic carbocycles. The summed E-state index contributed by atoms with van der Waals surface area (Å²) in [5.41, 5.74) is -0.516. The van der Waals surface area contributed by atoms with Crippen molar-refractivity contribution in [3.8, 4) is 17.0 Å². The van der Waals surface area contributed by atoms with Gasteiger partial charge in [-0.25, -0.2) is 8.78 Å². The van der Waals surface area contributed by atoms with Crippen LogP contribution in [0.5, 0.6) is 5.75 Å². The first-order chi connectivity index (χ1) is 13.1. The van der Waals surface area contributed by atoms with E-state index in [0.717, 1.165) is 0 Å². The minimum Gasteiger partial charge on any atom is -0.434 e. The zero-order chi connectivity index (χ0) is 21.5. The molecule has 0 atom stereocenters. The Bertz CT molecular complexity index is 822. The third kappa shape index (κ3) is 6.03. The molecular weight excluding hydrogens is 406 g/mol. The third-order valence-electron chi connectivity index (χ3n) is 3.72. The van der Waals surface area contributed by atoms with E-state index in [2.05, 4.69) is 14.8 Å². The largest absolute Gasteiger partial charge is 0.434 e. The molecule has 0 fully saturated rings. The maximum absolute atomic E-state index is 13.1. The molecule has 2 aromatic heterocycles. The van der Waals surface area contributed by atoms with E-state index >= 15 is 0 Å². The number of hydrogen-bond donors (Lipinski definition) is 0. The summed E-state index contributed by atoms with van der Waals surface area (Å²) in [5.74, 6) is -0.179. The fourth-order valence-corrected chi connectivity index (χ4v) is 2.60. The SMILES string of the molecule is CCn1ncc(Cl)c1-c1cnc(CC(C)(C)C(F)F)cc1OC(F)F.O=C=O. The maximum Gasteiger partial charge on any atom is 0.387 e. The Morgan fingerprint density at radius 2 is 1.86 bits per heavy atom. The number of pyridine rings is 1. The number of aromatic nitrogens is 3. The molecule has 11 heteroatoms. The van der Waals surface area contributed by atoms with Crippen LogP contribution in [0.25, 0.3) is 11.3 Å². The predicted molar refractivity (Wildman–Crippen MR) is 91.3 cm³/mol. The first kappa shape index (κ1) is 23.6. The molecule has 0 aliphatic rings. The van der Waals surface area contributed by atoms with Crippen molar-refractivity contribution >= 4 is 17.8 Å². The Kier molecular flexibility index (Phi) is 8.59. The molecule has 28 heavy (non-hydrogen) atoms. The van der Waals surface area contributed by atoms with Gasteiger partial charge in [-0.15, -0.1) is 0 Å². The Morgan fingerprint density at radius 1 is 1.25 bits per heavy atom. The highest BCUT2D eigenvalue weighted by Crippen LogP contribution is 2.37. The van der Waals surface area contributed by atoms with Crippen molar-refractivity contribution in [1.29, 1.82) is 0 Å². The highest BCUT2D eigenvalue weighted by atomic mass is 35.5. The molecule has 0 aliphatic carbocycles. The highest BCUT2D eigenvalue weighted by molar-refractivity contribution is 6.33. The van der Waals surface area contributed by atoms with Crippen molar-refractivity contribution in [2.24, 2.45) is 5.41 Å². The molecule has 0 N–H and O–H groups in total. The second-order valence-electron chi connectivity index (χ2n) is 6.26. The lowest BCUT2D eigenvalue weighted by atomic mass is 9.88. The Labute approximate surface area is 163 Å². The van der Waals surface area contributed by atoms with Gasteiger partial charge in [0, 0.05) is 36.3 Å². The van der Waals surface area contributed by atoms with Gasteiger partial charge in [-0.1, -0.05) is 25.4 Å². The number of halogens is 5. The van der Waals surface area contributed by atoms with Crippen LogP contribution in [0.4, 0.5) is 17.6 Å². The lowest BCUT2D eigenvalue weighted by Crippen LogP contribution is -2.25. The van der Waals surface area contributed by atoms with Crippen molar-refractivity contribution in [1.82, 2.24) is 14.8 Å². The van der Waals surface area contributed by atoms with Crippen LogP contribution in [0.15, 0.2) is 18.5 Å². The molecule has 0 saturated heterocycles. The first-order valence-electron chi connectivity index (χ1n) is 8.00. The Morgan fingerprint density at radius 3 is 2.36 bits per heavy atom. The molecular formula is C17H18ClF4N3O3. The van der Waals surface area contributed by atoms with Gasteiger partial charge in [-0.3, -0.25) is 9.67 Å². The first-order valence-corrected chi connectivity index (χ1v) is 8.38. The normalized spacial score (nSPS) is 11.2. The summed E-state index contributed by atoms with van der Waals surface area (Å²) in [5, 5.41) is 4.30. The van der Waals surface area contributed by atoms with E-state index < -0.39 is 18.5 Å². The molecule has 0 saturated carbocycles. The summed E-state index contributed by atoms with van der Waals surface area (Å²) in [6.07, 6.45) is 0.263. The van der Waals surface area contributed by atoms with Crippen LogP contribution in [-0.2, 0) is 22.6 Å². The molecule has 6 nitrogen and oxygen atoms in total. The number of nitrogens with zero attached hydrogens (tertiary/aromatic N) is 3. The zero-order valence-electron chi connectivity index (χ0n) is 15.3. The fourth-order valence-electron chi connectivity index (χ4n) is 2.36. The molecule has 2 heterocycles. The van der Waals surface area contributed by atoms with Crippen LogP contribution in [0.3, 0.4) is 0 Å². The van der Waals surface area contributed by atoms with Crippen molar-refractivity contribution in [3.63, 3.8) is 0 Å². The number of aryl methyl sites for hydroxylation is 1. The van der Waals surface area contributed by atoms with Gasteiger partial charge in [0.25, 0.3) is 0 Å². The van der Waals surface area contributed by atoms with Crippen LogP contribution in [0.2, 0.25) is 5.02 Å². The van der Waals surface area contributed by atoms with E-state index in [9.17, 15) is 17.6 Å². The molecule has 0 bridgehead atoms. The van der Waals surface area contributed by atoms with Gasteiger partial charge in [-0.2, -0.15) is 23.5 Å². The summed E-state index contributed by atoms with van der Waals surface area (Å²) >= 11 is 6.10. The van der Waals surface area contributed by atoms with E-state index in [1.807, 2.05) is 6.92 Å². The molecule has 0 aliphatic heterocycles. The van der Waals surface area contributed by atoms with E-state index in [0.29, 0.717) is 12.2 Å². The minimum absolute atomic E-state index is 0.0919. The predicted octanol–water partition coefficient (Wildman–Crippen LogP) is 4.47.